The van der Waals surface area contributed by atoms with Crippen LogP contribution in [0.15, 0.2) is 46.9 Å². The number of rotatable bonds is 5. The molecule has 2 aromatic carbocycles. The Morgan fingerprint density at radius 3 is 2.79 bits per heavy atom. The van der Waals surface area contributed by atoms with Crippen LogP contribution in [0.25, 0.3) is 0 Å². The second kappa shape index (κ2) is 7.81. The number of ether oxygens (including phenoxy) is 1. The summed E-state index contributed by atoms with van der Waals surface area (Å²) in [6.07, 6.45) is 0.679. The van der Waals surface area contributed by atoms with Gasteiger partial charge in [-0.2, -0.15) is 0 Å². The molecule has 0 aromatic heterocycles. The van der Waals surface area contributed by atoms with E-state index in [9.17, 15) is 14.7 Å². The van der Waals surface area contributed by atoms with Crippen LogP contribution in [0.4, 0.5) is 16.2 Å². The third-order valence-corrected chi connectivity index (χ3v) is 5.24. The van der Waals surface area contributed by atoms with Crippen molar-refractivity contribution in [1.29, 1.82) is 0 Å². The molecule has 0 aliphatic carbocycles. The number of aliphatic hydroxyl groups is 1. The Kier molecular flexibility index (Phi) is 5.62. The Morgan fingerprint density at radius 2 is 2.11 bits per heavy atom. The Balaban J connectivity index is 2.20. The van der Waals surface area contributed by atoms with Crippen molar-refractivity contribution in [2.75, 3.05) is 17.3 Å². The first-order valence-corrected chi connectivity index (χ1v) is 9.69. The molecule has 7 nitrogen and oxygen atoms in total. The van der Waals surface area contributed by atoms with Crippen LogP contribution in [0.2, 0.25) is 0 Å². The van der Waals surface area contributed by atoms with E-state index >= 15 is 0 Å². The van der Waals surface area contributed by atoms with Crippen molar-refractivity contribution < 1.29 is 19.4 Å². The number of urea groups is 1. The zero-order chi connectivity index (χ0) is 20.5. The summed E-state index contributed by atoms with van der Waals surface area (Å²) in [5.74, 6) is -0.186. The normalized spacial score (nSPS) is 19.5. The molecule has 2 atom stereocenters. The highest BCUT2D eigenvalue weighted by Gasteiger charge is 2.52. The summed E-state index contributed by atoms with van der Waals surface area (Å²) in [7, 11) is 1.50. The predicted octanol–water partition coefficient (Wildman–Crippen LogP) is 3.57. The molecular formula is C20H22BrN3O4. The predicted molar refractivity (Wildman–Crippen MR) is 110 cm³/mol. The van der Waals surface area contributed by atoms with Crippen molar-refractivity contribution in [1.82, 2.24) is 5.32 Å². The number of benzene rings is 2. The fourth-order valence-corrected chi connectivity index (χ4v) is 3.42. The van der Waals surface area contributed by atoms with Crippen LogP contribution in [-0.4, -0.2) is 30.2 Å². The summed E-state index contributed by atoms with van der Waals surface area (Å²) in [6, 6.07) is 10.8. The number of nitrogens with zero attached hydrogens (tertiary/aromatic N) is 1. The molecule has 3 amide bonds. The fourth-order valence-electron chi connectivity index (χ4n) is 3.06. The molecule has 1 aliphatic rings. The molecule has 3 N–H and O–H groups in total. The molecule has 0 saturated heterocycles. The molecule has 8 heteroatoms. The lowest BCUT2D eigenvalue weighted by molar-refractivity contribution is -0.140. The zero-order valence-corrected chi connectivity index (χ0v) is 17.4. The molecule has 28 heavy (non-hydrogen) atoms. The Hall–Kier alpha value is -2.58. The number of nitrogens with one attached hydrogen (secondary N) is 2. The summed E-state index contributed by atoms with van der Waals surface area (Å²) >= 11 is 3.38. The van der Waals surface area contributed by atoms with Gasteiger partial charge in [-0.15, -0.1) is 0 Å². The summed E-state index contributed by atoms with van der Waals surface area (Å²) < 4.78 is 5.90. The minimum atomic E-state index is -2.24. The van der Waals surface area contributed by atoms with Crippen molar-refractivity contribution >= 4 is 39.2 Å². The van der Waals surface area contributed by atoms with E-state index < -0.39 is 17.7 Å². The third-order valence-electron chi connectivity index (χ3n) is 4.74. The average Bonchev–Trinajstić information content (AvgIpc) is 2.68. The van der Waals surface area contributed by atoms with Crippen molar-refractivity contribution in [3.63, 3.8) is 0 Å². The maximum atomic E-state index is 13.2. The lowest BCUT2D eigenvalue weighted by Gasteiger charge is -2.43. The first-order valence-electron chi connectivity index (χ1n) is 8.89. The molecule has 3 rings (SSSR count). The minimum Gasteiger partial charge on any atom is -0.497 e. The summed E-state index contributed by atoms with van der Waals surface area (Å²) in [6.45, 7) is 3.76. The van der Waals surface area contributed by atoms with E-state index in [2.05, 4.69) is 26.6 Å². The molecule has 0 spiro atoms. The highest BCUT2D eigenvalue weighted by molar-refractivity contribution is 9.10. The number of amides is 3. The second-order valence-corrected chi connectivity index (χ2v) is 7.53. The lowest BCUT2D eigenvalue weighted by Crippen LogP contribution is -2.63. The van der Waals surface area contributed by atoms with E-state index in [-0.39, 0.29) is 11.6 Å². The van der Waals surface area contributed by atoms with E-state index in [0.717, 1.165) is 4.90 Å². The molecule has 0 fully saturated rings. The summed E-state index contributed by atoms with van der Waals surface area (Å²) in [5.41, 5.74) is -1.28. The van der Waals surface area contributed by atoms with Gasteiger partial charge in [-0.25, -0.2) is 4.79 Å². The van der Waals surface area contributed by atoms with Gasteiger partial charge in [0.1, 0.15) is 5.75 Å². The standard InChI is InChI=1S/C20H22BrN3O4/c1-4-12(2)22-18(25)20(27)16-10-13(21)8-9-17(16)23-19(26)24(20)14-6-5-7-15(11-14)28-3/h5-12,27H,4H2,1-3H3,(H,22,25)(H,23,26)/t12-,20-/m1/s1. The molecule has 0 radical (unpaired) electrons. The van der Waals surface area contributed by atoms with E-state index in [4.69, 9.17) is 4.74 Å². The van der Waals surface area contributed by atoms with Crippen molar-refractivity contribution in [3.8, 4) is 5.75 Å². The second-order valence-electron chi connectivity index (χ2n) is 6.61. The highest BCUT2D eigenvalue weighted by Crippen LogP contribution is 2.41. The van der Waals surface area contributed by atoms with Gasteiger partial charge in [0.05, 0.1) is 18.5 Å². The SMILES string of the molecule is CC[C@@H](C)NC(=O)[C@]1(O)c2cc(Br)ccc2NC(=O)N1c1cccc(OC)c1. The minimum absolute atomic E-state index is 0.177. The number of carbonyl (C=O) groups excluding carboxylic acids is 2. The van der Waals surface area contributed by atoms with E-state index in [1.165, 1.54) is 7.11 Å². The quantitative estimate of drug-likeness (QED) is 0.653. The van der Waals surface area contributed by atoms with Gasteiger partial charge in [-0.3, -0.25) is 9.69 Å². The molecule has 0 bridgehead atoms. The van der Waals surface area contributed by atoms with Crippen LogP contribution < -0.4 is 20.3 Å². The number of fused-ring (bicyclic) bond motifs is 1. The van der Waals surface area contributed by atoms with Gasteiger partial charge in [0.2, 0.25) is 0 Å². The first-order chi connectivity index (χ1) is 13.3. The van der Waals surface area contributed by atoms with Gasteiger partial charge < -0.3 is 20.5 Å². The third kappa shape index (κ3) is 3.45. The number of halogens is 1. The van der Waals surface area contributed by atoms with Crippen LogP contribution >= 0.6 is 15.9 Å². The topological polar surface area (TPSA) is 90.9 Å². The van der Waals surface area contributed by atoms with Gasteiger partial charge >= 0.3 is 6.03 Å². The Bertz CT molecular complexity index is 920. The lowest BCUT2D eigenvalue weighted by atomic mass is 9.94. The van der Waals surface area contributed by atoms with Crippen LogP contribution in [-0.2, 0) is 10.5 Å². The van der Waals surface area contributed by atoms with Gasteiger partial charge in [0.25, 0.3) is 11.6 Å². The van der Waals surface area contributed by atoms with Gasteiger partial charge in [-0.1, -0.05) is 28.9 Å². The molecule has 0 saturated carbocycles. The van der Waals surface area contributed by atoms with Crippen LogP contribution in [0.1, 0.15) is 25.8 Å². The first kappa shape index (κ1) is 20.2. The van der Waals surface area contributed by atoms with Crippen molar-refractivity contribution in [3.05, 3.63) is 52.5 Å². The monoisotopic (exact) mass is 447 g/mol. The smallest absolute Gasteiger partial charge is 0.329 e. The van der Waals surface area contributed by atoms with Gasteiger partial charge in [0, 0.05) is 22.1 Å². The maximum absolute atomic E-state index is 13.2. The Labute approximate surface area is 171 Å². The number of hydrogen-bond donors (Lipinski definition) is 3. The molecule has 2 aromatic rings. The van der Waals surface area contributed by atoms with Gasteiger partial charge in [0.15, 0.2) is 0 Å². The van der Waals surface area contributed by atoms with Crippen LogP contribution in [0.5, 0.6) is 5.75 Å². The Morgan fingerprint density at radius 1 is 1.36 bits per heavy atom. The fraction of sp³-hybridized carbons (Fsp3) is 0.300. The van der Waals surface area contributed by atoms with Crippen molar-refractivity contribution in [2.45, 2.75) is 32.0 Å². The molecule has 0 unspecified atom stereocenters. The average molecular weight is 448 g/mol. The molecule has 1 heterocycles. The van der Waals surface area contributed by atoms with E-state index in [0.29, 0.717) is 28.0 Å². The largest absolute Gasteiger partial charge is 0.497 e. The maximum Gasteiger partial charge on any atom is 0.329 e. The highest BCUT2D eigenvalue weighted by atomic mass is 79.9. The van der Waals surface area contributed by atoms with Crippen LogP contribution in [0, 0.1) is 0 Å². The zero-order valence-electron chi connectivity index (χ0n) is 15.8. The number of anilines is 2. The van der Waals surface area contributed by atoms with E-state index in [1.807, 2.05) is 13.8 Å². The number of hydrogen-bond acceptors (Lipinski definition) is 4. The summed E-state index contributed by atoms with van der Waals surface area (Å²) in [5, 5.41) is 17.2. The summed E-state index contributed by atoms with van der Waals surface area (Å²) in [4.78, 5) is 27.2. The van der Waals surface area contributed by atoms with Crippen LogP contribution in [0.3, 0.4) is 0 Å². The molecule has 1 aliphatic heterocycles. The van der Waals surface area contributed by atoms with Gasteiger partial charge in [-0.05, 0) is 43.7 Å². The molecule has 148 valence electrons. The number of methoxy groups -OCH3 is 1. The van der Waals surface area contributed by atoms with Crippen molar-refractivity contribution in [2.24, 2.45) is 0 Å². The van der Waals surface area contributed by atoms with E-state index in [1.54, 1.807) is 42.5 Å². The molecular weight excluding hydrogens is 426 g/mol. The number of carbonyl (C=O) groups is 2.